The molecule has 0 bridgehead atoms. The molecule has 0 spiro atoms. The zero-order valence-electron chi connectivity index (χ0n) is 20.6. The molecule has 2 aromatic heterocycles. The second kappa shape index (κ2) is 11.2. The lowest BCUT2D eigenvalue weighted by Crippen LogP contribution is -2.18. The van der Waals surface area contributed by atoms with E-state index >= 15 is 0 Å². The Morgan fingerprint density at radius 3 is 2.64 bits per heavy atom. The topological polar surface area (TPSA) is 73.8 Å². The zero-order chi connectivity index (χ0) is 24.9. The maximum absolute atomic E-state index is 13.2. The van der Waals surface area contributed by atoms with E-state index in [4.69, 9.17) is 14.2 Å². The third kappa shape index (κ3) is 5.41. The van der Waals surface area contributed by atoms with Crippen molar-refractivity contribution in [2.24, 2.45) is 13.0 Å². The molecule has 1 saturated heterocycles. The van der Waals surface area contributed by atoms with Gasteiger partial charge in [0.25, 0.3) is 5.91 Å². The van der Waals surface area contributed by atoms with E-state index in [1.807, 2.05) is 71.6 Å². The molecule has 8 heteroatoms. The molecule has 1 atom stereocenters. The predicted octanol–water partition coefficient (Wildman–Crippen LogP) is 5.21. The lowest BCUT2D eigenvalue weighted by Gasteiger charge is -2.17. The highest BCUT2D eigenvalue weighted by atomic mass is 32.1. The fourth-order valence-electron chi connectivity index (χ4n) is 4.53. The Balaban J connectivity index is 1.28. The van der Waals surface area contributed by atoms with Crippen LogP contribution >= 0.6 is 11.3 Å². The highest BCUT2D eigenvalue weighted by molar-refractivity contribution is 7.17. The van der Waals surface area contributed by atoms with Gasteiger partial charge in [-0.15, -0.1) is 11.3 Å². The summed E-state index contributed by atoms with van der Waals surface area (Å²) in [6.45, 7) is 3.52. The molecular weight excluding hydrogens is 474 g/mol. The summed E-state index contributed by atoms with van der Waals surface area (Å²) in [5.41, 5.74) is 4.23. The number of methoxy groups -OCH3 is 1. The summed E-state index contributed by atoms with van der Waals surface area (Å²) in [5, 5.41) is 8.48. The van der Waals surface area contributed by atoms with Gasteiger partial charge in [-0.05, 0) is 66.4 Å². The zero-order valence-corrected chi connectivity index (χ0v) is 21.4. The Labute approximate surface area is 215 Å². The number of amides is 1. The molecule has 188 valence electrons. The molecule has 7 nitrogen and oxygen atoms in total. The Kier molecular flexibility index (Phi) is 7.55. The molecule has 4 aromatic rings. The lowest BCUT2D eigenvalue weighted by molar-refractivity contribution is 0.101. The van der Waals surface area contributed by atoms with Crippen LogP contribution in [0.3, 0.4) is 0 Å². The SMILES string of the molecule is COCc1cccc(NC(=O)c2cc3sccc3n2C)c1COc1ccc(OC[C@H]2CCNC2)cc1. The number of rotatable bonds is 10. The summed E-state index contributed by atoms with van der Waals surface area (Å²) < 4.78 is 20.5. The number of aryl methyl sites for hydroxylation is 1. The van der Waals surface area contributed by atoms with Crippen LogP contribution in [0.25, 0.3) is 10.2 Å². The predicted molar refractivity (Wildman–Crippen MR) is 143 cm³/mol. The van der Waals surface area contributed by atoms with Gasteiger partial charge in [-0.25, -0.2) is 0 Å². The van der Waals surface area contributed by atoms with Gasteiger partial charge in [-0.3, -0.25) is 4.79 Å². The van der Waals surface area contributed by atoms with Crippen LogP contribution in [0.1, 0.15) is 28.0 Å². The number of nitrogens with zero attached hydrogens (tertiary/aromatic N) is 1. The van der Waals surface area contributed by atoms with Crippen LogP contribution in [0.2, 0.25) is 0 Å². The first kappa shape index (κ1) is 24.4. The number of benzene rings is 2. The molecule has 2 N–H and O–H groups in total. The van der Waals surface area contributed by atoms with Gasteiger partial charge in [-0.1, -0.05) is 12.1 Å². The summed E-state index contributed by atoms with van der Waals surface area (Å²) in [6, 6.07) is 17.5. The lowest BCUT2D eigenvalue weighted by atomic mass is 10.1. The van der Waals surface area contributed by atoms with Crippen molar-refractivity contribution in [3.8, 4) is 11.5 Å². The first-order valence-corrected chi connectivity index (χ1v) is 13.0. The second-order valence-electron chi connectivity index (χ2n) is 9.02. The van der Waals surface area contributed by atoms with Crippen LogP contribution in [0.4, 0.5) is 5.69 Å². The largest absolute Gasteiger partial charge is 0.493 e. The molecule has 1 aliphatic heterocycles. The third-order valence-electron chi connectivity index (χ3n) is 6.57. The van der Waals surface area contributed by atoms with Crippen molar-refractivity contribution in [2.75, 3.05) is 32.1 Å². The quantitative estimate of drug-likeness (QED) is 0.310. The molecular formula is C28H31N3O4S. The van der Waals surface area contributed by atoms with Crippen molar-refractivity contribution in [2.45, 2.75) is 19.6 Å². The average Bonchev–Trinajstić information content (AvgIpc) is 3.63. The maximum atomic E-state index is 13.2. The van der Waals surface area contributed by atoms with Gasteiger partial charge in [0.1, 0.15) is 23.8 Å². The van der Waals surface area contributed by atoms with Crippen molar-refractivity contribution in [1.82, 2.24) is 9.88 Å². The molecule has 0 radical (unpaired) electrons. The second-order valence-corrected chi connectivity index (χ2v) is 9.97. The number of ether oxygens (including phenoxy) is 3. The molecule has 0 unspecified atom stereocenters. The average molecular weight is 506 g/mol. The van der Waals surface area contributed by atoms with E-state index in [0.717, 1.165) is 59.0 Å². The van der Waals surface area contributed by atoms with E-state index in [2.05, 4.69) is 10.6 Å². The molecule has 1 amide bonds. The Morgan fingerprint density at radius 1 is 1.11 bits per heavy atom. The van der Waals surface area contributed by atoms with Gasteiger partial charge in [-0.2, -0.15) is 0 Å². The smallest absolute Gasteiger partial charge is 0.272 e. The van der Waals surface area contributed by atoms with Crippen molar-refractivity contribution in [3.63, 3.8) is 0 Å². The summed E-state index contributed by atoms with van der Waals surface area (Å²) in [6.07, 6.45) is 1.16. The van der Waals surface area contributed by atoms with Crippen LogP contribution in [0.5, 0.6) is 11.5 Å². The molecule has 1 aliphatic rings. The number of anilines is 1. The monoisotopic (exact) mass is 505 g/mol. The third-order valence-corrected chi connectivity index (χ3v) is 7.43. The minimum Gasteiger partial charge on any atom is -0.493 e. The van der Waals surface area contributed by atoms with Crippen molar-refractivity contribution < 1.29 is 19.0 Å². The number of fused-ring (bicyclic) bond motifs is 1. The fourth-order valence-corrected chi connectivity index (χ4v) is 5.37. The number of hydrogen-bond donors (Lipinski definition) is 2. The molecule has 1 fully saturated rings. The number of aromatic nitrogens is 1. The van der Waals surface area contributed by atoms with E-state index in [9.17, 15) is 4.79 Å². The molecule has 2 aromatic carbocycles. The number of carbonyl (C=O) groups is 1. The standard InChI is InChI=1S/C28H31N3O4S/c1-31-25-11-13-36-27(25)14-26(31)28(32)30-24-5-3-4-20(17-33-2)23(24)18-35-22-8-6-21(7-9-22)34-16-19-10-12-29-15-19/h3-9,11,13-14,19,29H,10,12,15-18H2,1-2H3,(H,30,32)/t19-/m0/s1. The van der Waals surface area contributed by atoms with Gasteiger partial charge in [0.15, 0.2) is 0 Å². The summed E-state index contributed by atoms with van der Waals surface area (Å²) in [5.74, 6) is 1.98. The maximum Gasteiger partial charge on any atom is 0.272 e. The minimum atomic E-state index is -0.157. The Morgan fingerprint density at radius 2 is 1.92 bits per heavy atom. The molecule has 3 heterocycles. The number of nitrogens with one attached hydrogen (secondary N) is 2. The van der Waals surface area contributed by atoms with E-state index in [0.29, 0.717) is 30.5 Å². The van der Waals surface area contributed by atoms with Gasteiger partial charge in [0.2, 0.25) is 0 Å². The Bertz CT molecular complexity index is 1320. The number of thiophene rings is 1. The highest BCUT2D eigenvalue weighted by Crippen LogP contribution is 2.28. The Hall–Kier alpha value is -3.33. The van der Waals surface area contributed by atoms with Crippen LogP contribution in [0, 0.1) is 5.92 Å². The molecule has 0 saturated carbocycles. The van der Waals surface area contributed by atoms with Gasteiger partial charge >= 0.3 is 0 Å². The van der Waals surface area contributed by atoms with Gasteiger partial charge < -0.3 is 29.4 Å². The number of carbonyl (C=O) groups excluding carboxylic acids is 1. The first-order valence-electron chi connectivity index (χ1n) is 12.1. The highest BCUT2D eigenvalue weighted by Gasteiger charge is 2.18. The summed E-state index contributed by atoms with van der Waals surface area (Å²) >= 11 is 1.63. The van der Waals surface area contributed by atoms with Crippen molar-refractivity contribution >= 4 is 33.1 Å². The summed E-state index contributed by atoms with van der Waals surface area (Å²) in [7, 11) is 3.57. The van der Waals surface area contributed by atoms with E-state index in [1.54, 1.807) is 18.4 Å². The summed E-state index contributed by atoms with van der Waals surface area (Å²) in [4.78, 5) is 13.2. The van der Waals surface area contributed by atoms with Crippen LogP contribution in [-0.2, 0) is 25.0 Å². The first-order chi connectivity index (χ1) is 17.6. The van der Waals surface area contributed by atoms with Crippen LogP contribution < -0.4 is 20.1 Å². The van der Waals surface area contributed by atoms with Gasteiger partial charge in [0.05, 0.1) is 23.4 Å². The van der Waals surface area contributed by atoms with Crippen LogP contribution in [0.15, 0.2) is 60.0 Å². The van der Waals surface area contributed by atoms with Crippen LogP contribution in [-0.4, -0.2) is 37.3 Å². The van der Waals surface area contributed by atoms with Gasteiger partial charge in [0, 0.05) is 37.9 Å². The van der Waals surface area contributed by atoms with E-state index in [-0.39, 0.29) is 5.91 Å². The van der Waals surface area contributed by atoms with E-state index < -0.39 is 0 Å². The fraction of sp³-hybridized carbons (Fsp3) is 0.321. The minimum absolute atomic E-state index is 0.157. The van der Waals surface area contributed by atoms with Crippen molar-refractivity contribution in [3.05, 3.63) is 76.8 Å². The molecule has 36 heavy (non-hydrogen) atoms. The molecule has 0 aliphatic carbocycles. The molecule has 5 rings (SSSR count). The normalized spacial score (nSPS) is 15.3. The van der Waals surface area contributed by atoms with Crippen molar-refractivity contribution in [1.29, 1.82) is 0 Å². The van der Waals surface area contributed by atoms with E-state index in [1.165, 1.54) is 0 Å². The number of hydrogen-bond acceptors (Lipinski definition) is 6.